The highest BCUT2D eigenvalue weighted by Gasteiger charge is 2.63. The third kappa shape index (κ3) is 2.54. The Hall–Kier alpha value is -0.770. The first kappa shape index (κ1) is 17.6. The number of ether oxygens (including phenoxy) is 2. The van der Waals surface area contributed by atoms with Gasteiger partial charge in [0.25, 0.3) is 0 Å². The van der Waals surface area contributed by atoms with Crippen LogP contribution in [-0.2, 0) is 9.47 Å². The van der Waals surface area contributed by atoms with Crippen molar-refractivity contribution in [3.05, 3.63) is 0 Å². The van der Waals surface area contributed by atoms with E-state index in [1.807, 2.05) is 7.11 Å². The van der Waals surface area contributed by atoms with Gasteiger partial charge in [-0.2, -0.15) is 0 Å². The molecule has 0 heterocycles. The normalized spacial score (nSPS) is 51.4. The molecule has 4 aliphatic rings. The Morgan fingerprint density at radius 3 is 2.44 bits per heavy atom. The fraction of sp³-hybridized carbons (Fsp3) is 0.952. The fourth-order valence-electron chi connectivity index (χ4n) is 7.44. The van der Waals surface area contributed by atoms with E-state index in [-0.39, 0.29) is 11.5 Å². The van der Waals surface area contributed by atoms with E-state index in [4.69, 9.17) is 9.47 Å². The van der Waals surface area contributed by atoms with Gasteiger partial charge in [-0.15, -0.1) is 0 Å². The first-order valence-electron chi connectivity index (χ1n) is 10.3. The molecule has 1 amide bonds. The van der Waals surface area contributed by atoms with Crippen molar-refractivity contribution in [1.29, 1.82) is 0 Å². The topological polar surface area (TPSA) is 47.6 Å². The number of rotatable bonds is 2. The summed E-state index contributed by atoms with van der Waals surface area (Å²) in [5.41, 5.74) is 0.794. The van der Waals surface area contributed by atoms with Crippen LogP contribution >= 0.6 is 0 Å². The van der Waals surface area contributed by atoms with Gasteiger partial charge in [-0.25, -0.2) is 4.79 Å². The van der Waals surface area contributed by atoms with Crippen molar-refractivity contribution in [1.82, 2.24) is 5.32 Å². The molecule has 8 atom stereocenters. The summed E-state index contributed by atoms with van der Waals surface area (Å²) >= 11 is 0. The van der Waals surface area contributed by atoms with Gasteiger partial charge < -0.3 is 14.8 Å². The van der Waals surface area contributed by atoms with Crippen molar-refractivity contribution in [3.63, 3.8) is 0 Å². The minimum atomic E-state index is -0.264. The molecule has 1 N–H and O–H groups in total. The lowest BCUT2D eigenvalue weighted by atomic mass is 9.39. The van der Waals surface area contributed by atoms with E-state index in [9.17, 15) is 4.79 Å². The van der Waals surface area contributed by atoms with E-state index >= 15 is 0 Å². The largest absolute Gasteiger partial charge is 0.453 e. The van der Waals surface area contributed by atoms with Crippen LogP contribution in [0.5, 0.6) is 0 Å². The van der Waals surface area contributed by atoms with Crippen molar-refractivity contribution >= 4 is 6.09 Å². The Balaban J connectivity index is 1.49. The number of carbonyl (C=O) groups excluding carboxylic acids is 1. The van der Waals surface area contributed by atoms with Crippen LogP contribution in [0, 0.1) is 34.5 Å². The van der Waals surface area contributed by atoms with Crippen LogP contribution in [-0.4, -0.2) is 32.5 Å². The minimum Gasteiger partial charge on any atom is -0.453 e. The smallest absolute Gasteiger partial charge is 0.407 e. The Morgan fingerprint density at radius 2 is 1.72 bits per heavy atom. The highest BCUT2D eigenvalue weighted by molar-refractivity contribution is 5.67. The Bertz CT molecular complexity index is 537. The zero-order valence-corrected chi connectivity index (χ0v) is 16.3. The SMILES string of the molecule is COC(=O)NC1CC2C3CCC4CC(OC)CC[C@]4(C)C3CC[C@]12C. The Kier molecular flexibility index (Phi) is 4.33. The predicted molar refractivity (Wildman–Crippen MR) is 97.2 cm³/mol. The molecule has 0 saturated heterocycles. The molecule has 142 valence electrons. The van der Waals surface area contributed by atoms with Crippen LogP contribution in [0.15, 0.2) is 0 Å². The summed E-state index contributed by atoms with van der Waals surface area (Å²) < 4.78 is 10.5. The molecule has 4 aliphatic carbocycles. The molecule has 0 aliphatic heterocycles. The van der Waals surface area contributed by atoms with E-state index in [1.165, 1.54) is 52.1 Å². The van der Waals surface area contributed by atoms with Gasteiger partial charge in [0.2, 0.25) is 0 Å². The number of hydrogen-bond donors (Lipinski definition) is 1. The number of amides is 1. The first-order valence-corrected chi connectivity index (χ1v) is 10.3. The fourth-order valence-corrected chi connectivity index (χ4v) is 7.44. The predicted octanol–water partition coefficient (Wildman–Crippen LogP) is 4.38. The Morgan fingerprint density at radius 1 is 0.960 bits per heavy atom. The molecular weight excluding hydrogens is 314 g/mol. The summed E-state index contributed by atoms with van der Waals surface area (Å²) in [6.45, 7) is 5.00. The molecule has 0 aromatic carbocycles. The summed E-state index contributed by atoms with van der Waals surface area (Å²) in [5, 5.41) is 3.10. The molecular formula is C21H35NO3. The van der Waals surface area contributed by atoms with Crippen LogP contribution in [0.1, 0.15) is 65.2 Å². The van der Waals surface area contributed by atoms with Gasteiger partial charge >= 0.3 is 6.09 Å². The van der Waals surface area contributed by atoms with E-state index < -0.39 is 0 Å². The molecule has 25 heavy (non-hydrogen) atoms. The number of alkyl carbamates (subject to hydrolysis) is 1. The lowest BCUT2D eigenvalue weighted by molar-refractivity contribution is -0.172. The number of methoxy groups -OCH3 is 2. The van der Waals surface area contributed by atoms with Gasteiger partial charge in [0.05, 0.1) is 13.2 Å². The summed E-state index contributed by atoms with van der Waals surface area (Å²) in [6, 6.07) is 0.306. The second kappa shape index (κ2) is 6.14. The highest BCUT2D eigenvalue weighted by atomic mass is 16.5. The maximum Gasteiger partial charge on any atom is 0.407 e. The monoisotopic (exact) mass is 349 g/mol. The molecule has 0 aromatic rings. The zero-order chi connectivity index (χ0) is 17.8. The minimum absolute atomic E-state index is 0.264. The summed E-state index contributed by atoms with van der Waals surface area (Å²) in [5.74, 6) is 3.36. The average Bonchev–Trinajstić information content (AvgIpc) is 2.61. The van der Waals surface area contributed by atoms with Crippen LogP contribution in [0.25, 0.3) is 0 Å². The molecule has 0 spiro atoms. The van der Waals surface area contributed by atoms with Crippen LogP contribution in [0.4, 0.5) is 4.79 Å². The molecule has 4 rings (SSSR count). The molecule has 0 radical (unpaired) electrons. The van der Waals surface area contributed by atoms with E-state index in [0.717, 1.165) is 30.1 Å². The van der Waals surface area contributed by atoms with Crippen molar-refractivity contribution in [3.8, 4) is 0 Å². The molecule has 4 saturated carbocycles. The quantitative estimate of drug-likeness (QED) is 0.805. The number of hydrogen-bond acceptors (Lipinski definition) is 3. The molecule has 0 aromatic heterocycles. The summed E-state index contributed by atoms with van der Waals surface area (Å²) in [7, 11) is 3.34. The standard InChI is InChI=1S/C21H35NO3/c1-20-9-7-14(24-3)11-13(20)5-6-15-16(20)8-10-21(2)17(15)12-18(21)22-19(23)25-4/h13-18H,5-12H2,1-4H3,(H,22,23)/t13?,14?,15?,16?,17?,18?,20-,21-/m0/s1. The van der Waals surface area contributed by atoms with E-state index in [1.54, 1.807) is 0 Å². The second-order valence-corrected chi connectivity index (χ2v) is 9.76. The van der Waals surface area contributed by atoms with Gasteiger partial charge in [0.15, 0.2) is 0 Å². The zero-order valence-electron chi connectivity index (χ0n) is 16.3. The van der Waals surface area contributed by atoms with Crippen molar-refractivity contribution < 1.29 is 14.3 Å². The third-order valence-electron chi connectivity index (χ3n) is 9.15. The number of carbonyl (C=O) groups is 1. The third-order valence-corrected chi connectivity index (χ3v) is 9.15. The number of fused-ring (bicyclic) bond motifs is 5. The van der Waals surface area contributed by atoms with Gasteiger partial charge in [0.1, 0.15) is 0 Å². The van der Waals surface area contributed by atoms with Gasteiger partial charge in [-0.1, -0.05) is 13.8 Å². The molecule has 4 fully saturated rings. The van der Waals surface area contributed by atoms with Gasteiger partial charge in [-0.05, 0) is 85.9 Å². The number of nitrogens with one attached hydrogen (secondary N) is 1. The van der Waals surface area contributed by atoms with E-state index in [2.05, 4.69) is 19.2 Å². The highest BCUT2D eigenvalue weighted by Crippen LogP contribution is 2.67. The van der Waals surface area contributed by atoms with Gasteiger partial charge in [-0.3, -0.25) is 0 Å². The van der Waals surface area contributed by atoms with Crippen molar-refractivity contribution in [2.24, 2.45) is 34.5 Å². The summed E-state index contributed by atoms with van der Waals surface area (Å²) in [4.78, 5) is 11.7. The maximum absolute atomic E-state index is 11.7. The maximum atomic E-state index is 11.7. The second-order valence-electron chi connectivity index (χ2n) is 9.76. The van der Waals surface area contributed by atoms with Gasteiger partial charge in [0, 0.05) is 13.2 Å². The van der Waals surface area contributed by atoms with Crippen LogP contribution in [0.2, 0.25) is 0 Å². The van der Waals surface area contributed by atoms with Crippen LogP contribution in [0.3, 0.4) is 0 Å². The molecule has 0 bridgehead atoms. The summed E-state index contributed by atoms with van der Waals surface area (Å²) in [6.07, 6.45) is 10.6. The molecule has 6 unspecified atom stereocenters. The van der Waals surface area contributed by atoms with Crippen molar-refractivity contribution in [2.75, 3.05) is 14.2 Å². The average molecular weight is 350 g/mol. The lowest BCUT2D eigenvalue weighted by Crippen LogP contribution is -2.66. The van der Waals surface area contributed by atoms with Crippen molar-refractivity contribution in [2.45, 2.75) is 77.4 Å². The molecule has 4 heteroatoms. The molecule has 4 nitrogen and oxygen atoms in total. The Labute approximate surface area is 152 Å². The first-order chi connectivity index (χ1) is 11.9. The van der Waals surface area contributed by atoms with E-state index in [0.29, 0.717) is 17.6 Å². The van der Waals surface area contributed by atoms with Crippen LogP contribution < -0.4 is 5.32 Å². The lowest BCUT2D eigenvalue weighted by Gasteiger charge is -2.67.